The maximum atomic E-state index is 13.1. The van der Waals surface area contributed by atoms with Gasteiger partial charge in [0.15, 0.2) is 5.82 Å². The van der Waals surface area contributed by atoms with Gasteiger partial charge in [-0.3, -0.25) is 0 Å². The van der Waals surface area contributed by atoms with Crippen molar-refractivity contribution in [1.82, 2.24) is 15.2 Å². The lowest BCUT2D eigenvalue weighted by Crippen LogP contribution is -2.05. The number of hydrogen-bond acceptors (Lipinski definition) is 5. The van der Waals surface area contributed by atoms with Crippen molar-refractivity contribution in [1.29, 1.82) is 0 Å². The molecule has 0 fully saturated rings. The quantitative estimate of drug-likeness (QED) is 0.740. The minimum absolute atomic E-state index is 0.0290. The zero-order valence-corrected chi connectivity index (χ0v) is 12.8. The minimum Gasteiger partial charge on any atom is -0.365 e. The molecule has 2 aromatic carbocycles. The number of rotatable bonds is 5. The molecule has 1 aromatic heterocycles. The number of nitrogens with zero attached hydrogens (tertiary/aromatic N) is 3. The summed E-state index contributed by atoms with van der Waals surface area (Å²) in [5.41, 5.74) is 1.71. The van der Waals surface area contributed by atoms with Crippen molar-refractivity contribution in [3.8, 4) is 0 Å². The molecule has 0 unspecified atom stereocenters. The van der Waals surface area contributed by atoms with Gasteiger partial charge in [-0.2, -0.15) is 10.1 Å². The molecular formula is C16H13ClFN5. The van der Waals surface area contributed by atoms with E-state index in [-0.39, 0.29) is 5.02 Å². The number of aromatic nitrogens is 3. The number of anilines is 3. The third-order valence-electron chi connectivity index (χ3n) is 3.05. The Morgan fingerprint density at radius 3 is 2.70 bits per heavy atom. The van der Waals surface area contributed by atoms with Crippen molar-refractivity contribution in [2.24, 2.45) is 0 Å². The molecule has 3 rings (SSSR count). The van der Waals surface area contributed by atoms with Gasteiger partial charge in [-0.25, -0.2) is 4.39 Å². The molecule has 0 amide bonds. The molecule has 0 spiro atoms. The van der Waals surface area contributed by atoms with Crippen LogP contribution in [0.15, 0.2) is 54.7 Å². The summed E-state index contributed by atoms with van der Waals surface area (Å²) in [6, 6.07) is 14.2. The number of benzene rings is 2. The molecule has 0 aliphatic rings. The van der Waals surface area contributed by atoms with Gasteiger partial charge >= 0.3 is 0 Å². The summed E-state index contributed by atoms with van der Waals surface area (Å²) in [5, 5.41) is 13.9. The average molecular weight is 330 g/mol. The van der Waals surface area contributed by atoms with Crippen LogP contribution in [0.1, 0.15) is 5.56 Å². The molecule has 0 aliphatic carbocycles. The fourth-order valence-corrected chi connectivity index (χ4v) is 2.11. The molecule has 23 heavy (non-hydrogen) atoms. The maximum absolute atomic E-state index is 13.1. The number of nitrogens with one attached hydrogen (secondary N) is 2. The van der Waals surface area contributed by atoms with Crippen LogP contribution in [0, 0.1) is 5.82 Å². The van der Waals surface area contributed by atoms with Gasteiger partial charge in [-0.15, -0.1) is 5.10 Å². The molecule has 116 valence electrons. The smallest absolute Gasteiger partial charge is 0.249 e. The summed E-state index contributed by atoms with van der Waals surface area (Å²) in [6.07, 6.45) is 1.53. The van der Waals surface area contributed by atoms with E-state index in [1.54, 1.807) is 6.07 Å². The molecule has 2 N–H and O–H groups in total. The Balaban J connectivity index is 1.68. The predicted molar refractivity (Wildman–Crippen MR) is 88.3 cm³/mol. The first-order chi connectivity index (χ1) is 11.2. The van der Waals surface area contributed by atoms with Crippen LogP contribution in [0.3, 0.4) is 0 Å². The standard InChI is InChI=1S/C16H13ClFN5/c17-13-8-12(6-7-14(13)18)21-16-22-15(10-20-23-16)19-9-11-4-2-1-3-5-11/h1-8,10H,9H2,(H2,19,21,22,23). The maximum Gasteiger partial charge on any atom is 0.249 e. The summed E-state index contributed by atoms with van der Waals surface area (Å²) in [5.74, 6) is 0.403. The second-order valence-corrected chi connectivity index (χ2v) is 5.17. The van der Waals surface area contributed by atoms with E-state index in [9.17, 15) is 4.39 Å². The molecule has 1 heterocycles. The first kappa shape index (κ1) is 15.2. The van der Waals surface area contributed by atoms with E-state index in [1.165, 1.54) is 18.3 Å². The van der Waals surface area contributed by atoms with Gasteiger partial charge in [-0.1, -0.05) is 41.9 Å². The number of halogens is 2. The zero-order valence-electron chi connectivity index (χ0n) is 12.0. The second kappa shape index (κ2) is 7.02. The van der Waals surface area contributed by atoms with Gasteiger partial charge in [0.05, 0.1) is 11.2 Å². The van der Waals surface area contributed by atoms with E-state index in [4.69, 9.17) is 11.6 Å². The lowest BCUT2D eigenvalue weighted by molar-refractivity contribution is 0.628. The number of hydrogen-bond donors (Lipinski definition) is 2. The van der Waals surface area contributed by atoms with Gasteiger partial charge in [0.2, 0.25) is 5.95 Å². The van der Waals surface area contributed by atoms with Crippen LogP contribution in [-0.4, -0.2) is 15.2 Å². The Kier molecular flexibility index (Phi) is 4.63. The van der Waals surface area contributed by atoms with E-state index < -0.39 is 5.82 Å². The molecule has 0 aliphatic heterocycles. The van der Waals surface area contributed by atoms with E-state index >= 15 is 0 Å². The molecule has 0 atom stereocenters. The summed E-state index contributed by atoms with van der Waals surface area (Å²) in [4.78, 5) is 4.30. The van der Waals surface area contributed by atoms with Crippen molar-refractivity contribution in [3.63, 3.8) is 0 Å². The van der Waals surface area contributed by atoms with E-state index in [0.717, 1.165) is 5.56 Å². The fourth-order valence-electron chi connectivity index (χ4n) is 1.93. The van der Waals surface area contributed by atoms with Crippen molar-refractivity contribution < 1.29 is 4.39 Å². The fraction of sp³-hybridized carbons (Fsp3) is 0.0625. The Morgan fingerprint density at radius 1 is 1.09 bits per heavy atom. The Labute approximate surface area is 137 Å². The van der Waals surface area contributed by atoms with E-state index in [1.807, 2.05) is 30.3 Å². The largest absolute Gasteiger partial charge is 0.365 e. The van der Waals surface area contributed by atoms with Gasteiger partial charge in [0.1, 0.15) is 5.82 Å². The molecule has 0 radical (unpaired) electrons. The van der Waals surface area contributed by atoms with E-state index in [0.29, 0.717) is 24.0 Å². The summed E-state index contributed by atoms with van der Waals surface area (Å²) in [7, 11) is 0. The predicted octanol–water partition coefficient (Wildman–Crippen LogP) is 4.02. The third-order valence-corrected chi connectivity index (χ3v) is 3.34. The van der Waals surface area contributed by atoms with Crippen molar-refractivity contribution in [2.45, 2.75) is 6.54 Å². The van der Waals surface area contributed by atoms with Crippen LogP contribution in [0.2, 0.25) is 5.02 Å². The van der Waals surface area contributed by atoms with Crippen LogP contribution in [0.25, 0.3) is 0 Å². The highest BCUT2D eigenvalue weighted by molar-refractivity contribution is 6.31. The third kappa shape index (κ3) is 4.14. The zero-order chi connectivity index (χ0) is 16.1. The highest BCUT2D eigenvalue weighted by atomic mass is 35.5. The lowest BCUT2D eigenvalue weighted by atomic mass is 10.2. The first-order valence-corrected chi connectivity index (χ1v) is 7.28. The van der Waals surface area contributed by atoms with Gasteiger partial charge in [0.25, 0.3) is 0 Å². The molecule has 0 bridgehead atoms. The van der Waals surface area contributed by atoms with Crippen LogP contribution >= 0.6 is 11.6 Å². The SMILES string of the molecule is Fc1ccc(Nc2nncc(NCc3ccccc3)n2)cc1Cl. The van der Waals surface area contributed by atoms with Crippen molar-refractivity contribution in [3.05, 3.63) is 71.1 Å². The van der Waals surface area contributed by atoms with Gasteiger partial charge in [0, 0.05) is 12.2 Å². The van der Waals surface area contributed by atoms with Crippen LogP contribution < -0.4 is 10.6 Å². The highest BCUT2D eigenvalue weighted by Gasteiger charge is 2.04. The molecule has 0 saturated heterocycles. The summed E-state index contributed by atoms with van der Waals surface area (Å²) >= 11 is 5.75. The normalized spacial score (nSPS) is 10.3. The Morgan fingerprint density at radius 2 is 1.91 bits per heavy atom. The molecule has 3 aromatic rings. The average Bonchev–Trinajstić information content (AvgIpc) is 2.58. The van der Waals surface area contributed by atoms with Gasteiger partial charge < -0.3 is 10.6 Å². The molecule has 5 nitrogen and oxygen atoms in total. The van der Waals surface area contributed by atoms with Crippen LogP contribution in [-0.2, 0) is 6.54 Å². The summed E-state index contributed by atoms with van der Waals surface area (Å²) in [6.45, 7) is 0.626. The highest BCUT2D eigenvalue weighted by Crippen LogP contribution is 2.21. The van der Waals surface area contributed by atoms with Crippen molar-refractivity contribution >= 4 is 29.1 Å². The Hall–Kier alpha value is -2.73. The molecule has 7 heteroatoms. The summed E-state index contributed by atoms with van der Waals surface area (Å²) < 4.78 is 13.1. The molecular weight excluding hydrogens is 317 g/mol. The van der Waals surface area contributed by atoms with Crippen LogP contribution in [0.4, 0.5) is 21.8 Å². The van der Waals surface area contributed by atoms with Crippen molar-refractivity contribution in [2.75, 3.05) is 10.6 Å². The van der Waals surface area contributed by atoms with E-state index in [2.05, 4.69) is 25.8 Å². The first-order valence-electron chi connectivity index (χ1n) is 6.90. The van der Waals surface area contributed by atoms with Crippen LogP contribution in [0.5, 0.6) is 0 Å². The molecule has 0 saturated carbocycles. The second-order valence-electron chi connectivity index (χ2n) is 4.76. The monoisotopic (exact) mass is 329 g/mol. The lowest BCUT2D eigenvalue weighted by Gasteiger charge is -2.08. The van der Waals surface area contributed by atoms with Gasteiger partial charge in [-0.05, 0) is 23.8 Å². The topological polar surface area (TPSA) is 62.7 Å². The Bertz CT molecular complexity index is 797. The minimum atomic E-state index is -0.477.